The standard InChI is InChI=1S/C17H20N2O4S/c20-17(15-12-23-16-7-2-1-6-14(15)16)18-8-3-5-13(11-18)19-9-4-10-24(19,21)22/h1-2,6-7,12-13H,3-5,8-11H2. The van der Waals surface area contributed by atoms with Crippen molar-refractivity contribution < 1.29 is 17.6 Å². The summed E-state index contributed by atoms with van der Waals surface area (Å²) >= 11 is 0. The van der Waals surface area contributed by atoms with Crippen molar-refractivity contribution in [1.82, 2.24) is 9.21 Å². The zero-order valence-electron chi connectivity index (χ0n) is 13.3. The molecule has 3 heterocycles. The number of benzene rings is 1. The highest BCUT2D eigenvalue weighted by Crippen LogP contribution is 2.27. The van der Waals surface area contributed by atoms with Crippen molar-refractivity contribution in [3.63, 3.8) is 0 Å². The maximum Gasteiger partial charge on any atom is 0.257 e. The number of carbonyl (C=O) groups is 1. The van der Waals surface area contributed by atoms with Crippen LogP contribution >= 0.6 is 0 Å². The Morgan fingerprint density at radius 3 is 2.79 bits per heavy atom. The second-order valence-electron chi connectivity index (χ2n) is 6.47. The number of hydrogen-bond donors (Lipinski definition) is 0. The molecule has 2 saturated heterocycles. The molecule has 0 aliphatic carbocycles. The molecule has 1 amide bonds. The van der Waals surface area contributed by atoms with E-state index in [0.29, 0.717) is 37.2 Å². The zero-order chi connectivity index (χ0) is 16.7. The molecule has 2 fully saturated rings. The number of rotatable bonds is 2. The van der Waals surface area contributed by atoms with Crippen LogP contribution in [0.1, 0.15) is 29.6 Å². The number of piperidine rings is 1. The van der Waals surface area contributed by atoms with Crippen LogP contribution in [0.5, 0.6) is 0 Å². The minimum Gasteiger partial charge on any atom is -0.463 e. The first-order valence-corrected chi connectivity index (χ1v) is 9.92. The molecule has 1 atom stereocenters. The van der Waals surface area contributed by atoms with Gasteiger partial charge in [-0.3, -0.25) is 4.79 Å². The third-order valence-electron chi connectivity index (χ3n) is 4.94. The van der Waals surface area contributed by atoms with Crippen LogP contribution in [0.3, 0.4) is 0 Å². The van der Waals surface area contributed by atoms with E-state index in [1.54, 1.807) is 9.21 Å². The molecular formula is C17H20N2O4S. The molecule has 2 aliphatic heterocycles. The van der Waals surface area contributed by atoms with Crippen LogP contribution in [-0.2, 0) is 10.0 Å². The molecule has 0 N–H and O–H groups in total. The van der Waals surface area contributed by atoms with E-state index in [-0.39, 0.29) is 17.7 Å². The Balaban J connectivity index is 1.57. The molecule has 4 rings (SSSR count). The molecule has 2 aromatic rings. The van der Waals surface area contributed by atoms with E-state index in [4.69, 9.17) is 4.42 Å². The Morgan fingerprint density at radius 1 is 1.17 bits per heavy atom. The summed E-state index contributed by atoms with van der Waals surface area (Å²) in [5.41, 5.74) is 1.24. The van der Waals surface area contributed by atoms with Gasteiger partial charge in [0.1, 0.15) is 11.8 Å². The summed E-state index contributed by atoms with van der Waals surface area (Å²) in [6.07, 6.45) is 3.82. The van der Waals surface area contributed by atoms with Crippen molar-refractivity contribution in [2.75, 3.05) is 25.4 Å². The number of fused-ring (bicyclic) bond motifs is 1. The predicted molar refractivity (Wildman–Crippen MR) is 90.2 cm³/mol. The fraction of sp³-hybridized carbons (Fsp3) is 0.471. The Bertz CT molecular complexity index is 874. The van der Waals surface area contributed by atoms with Gasteiger partial charge in [0.2, 0.25) is 10.0 Å². The van der Waals surface area contributed by atoms with Crippen LogP contribution in [-0.4, -0.2) is 55.0 Å². The maximum atomic E-state index is 12.9. The highest BCUT2D eigenvalue weighted by Gasteiger charge is 2.37. The zero-order valence-corrected chi connectivity index (χ0v) is 14.2. The molecule has 128 valence electrons. The highest BCUT2D eigenvalue weighted by molar-refractivity contribution is 7.89. The van der Waals surface area contributed by atoms with Gasteiger partial charge in [0.25, 0.3) is 5.91 Å². The van der Waals surface area contributed by atoms with Crippen molar-refractivity contribution in [3.05, 3.63) is 36.1 Å². The lowest BCUT2D eigenvalue weighted by Gasteiger charge is -2.36. The molecule has 24 heavy (non-hydrogen) atoms. The van der Waals surface area contributed by atoms with E-state index >= 15 is 0 Å². The molecule has 0 bridgehead atoms. The van der Waals surface area contributed by atoms with Crippen molar-refractivity contribution >= 4 is 26.9 Å². The monoisotopic (exact) mass is 348 g/mol. The van der Waals surface area contributed by atoms with Gasteiger partial charge in [-0.25, -0.2) is 8.42 Å². The van der Waals surface area contributed by atoms with Gasteiger partial charge in [0, 0.05) is 31.1 Å². The minimum atomic E-state index is -3.15. The van der Waals surface area contributed by atoms with Crippen molar-refractivity contribution in [3.8, 4) is 0 Å². The quantitative estimate of drug-likeness (QED) is 0.833. The van der Waals surface area contributed by atoms with Crippen LogP contribution in [0, 0.1) is 0 Å². The molecule has 6 nitrogen and oxygen atoms in total. The third-order valence-corrected chi connectivity index (χ3v) is 6.94. The summed E-state index contributed by atoms with van der Waals surface area (Å²) in [4.78, 5) is 14.7. The number of para-hydroxylation sites is 1. The van der Waals surface area contributed by atoms with Crippen LogP contribution in [0.4, 0.5) is 0 Å². The Kier molecular flexibility index (Phi) is 3.85. The van der Waals surface area contributed by atoms with Gasteiger partial charge in [-0.05, 0) is 25.3 Å². The summed E-state index contributed by atoms with van der Waals surface area (Å²) < 4.78 is 31.4. The van der Waals surface area contributed by atoms with Gasteiger partial charge in [0.05, 0.1) is 11.3 Å². The molecule has 0 radical (unpaired) electrons. The number of likely N-dealkylation sites (tertiary alicyclic amines) is 1. The van der Waals surface area contributed by atoms with Gasteiger partial charge >= 0.3 is 0 Å². The van der Waals surface area contributed by atoms with E-state index in [0.717, 1.165) is 18.2 Å². The van der Waals surface area contributed by atoms with E-state index in [2.05, 4.69) is 0 Å². The molecule has 1 aromatic carbocycles. The smallest absolute Gasteiger partial charge is 0.257 e. The van der Waals surface area contributed by atoms with Crippen LogP contribution in [0.2, 0.25) is 0 Å². The first-order valence-electron chi connectivity index (χ1n) is 8.31. The van der Waals surface area contributed by atoms with Gasteiger partial charge in [-0.15, -0.1) is 0 Å². The Morgan fingerprint density at radius 2 is 2.00 bits per heavy atom. The number of amides is 1. The summed E-state index contributed by atoms with van der Waals surface area (Å²) in [5.74, 6) is 0.144. The maximum absolute atomic E-state index is 12.9. The average molecular weight is 348 g/mol. The SMILES string of the molecule is O=C(c1coc2ccccc12)N1CCCC(N2CCCS2(=O)=O)C1. The van der Waals surface area contributed by atoms with E-state index in [9.17, 15) is 13.2 Å². The van der Waals surface area contributed by atoms with Crippen LogP contribution in [0.25, 0.3) is 11.0 Å². The summed E-state index contributed by atoms with van der Waals surface area (Å²) in [7, 11) is -3.15. The lowest BCUT2D eigenvalue weighted by atomic mass is 10.0. The fourth-order valence-electron chi connectivity index (χ4n) is 3.76. The number of carbonyl (C=O) groups excluding carboxylic acids is 1. The lowest BCUT2D eigenvalue weighted by molar-refractivity contribution is 0.0659. The summed E-state index contributed by atoms with van der Waals surface area (Å²) in [6, 6.07) is 7.36. The third kappa shape index (κ3) is 2.61. The average Bonchev–Trinajstić information content (AvgIpc) is 3.17. The molecule has 1 aromatic heterocycles. The summed E-state index contributed by atoms with van der Waals surface area (Å²) in [6.45, 7) is 1.68. The van der Waals surface area contributed by atoms with Gasteiger partial charge < -0.3 is 9.32 Å². The molecule has 2 aliphatic rings. The predicted octanol–water partition coefficient (Wildman–Crippen LogP) is 2.07. The lowest BCUT2D eigenvalue weighted by Crippen LogP contribution is -2.50. The number of furan rings is 1. The largest absolute Gasteiger partial charge is 0.463 e. The number of sulfonamides is 1. The number of hydrogen-bond acceptors (Lipinski definition) is 4. The van der Waals surface area contributed by atoms with Crippen molar-refractivity contribution in [2.24, 2.45) is 0 Å². The fourth-order valence-corrected chi connectivity index (χ4v) is 5.52. The second kappa shape index (κ2) is 5.89. The first kappa shape index (κ1) is 15.7. The van der Waals surface area contributed by atoms with Gasteiger partial charge in [-0.2, -0.15) is 4.31 Å². The molecule has 0 saturated carbocycles. The molecule has 7 heteroatoms. The second-order valence-corrected chi connectivity index (χ2v) is 8.51. The van der Waals surface area contributed by atoms with Crippen molar-refractivity contribution in [1.29, 1.82) is 0 Å². The summed E-state index contributed by atoms with van der Waals surface area (Å²) in [5, 5.41) is 0.804. The molecule has 0 spiro atoms. The van der Waals surface area contributed by atoms with Gasteiger partial charge in [-0.1, -0.05) is 18.2 Å². The molecular weight excluding hydrogens is 328 g/mol. The minimum absolute atomic E-state index is 0.0822. The highest BCUT2D eigenvalue weighted by atomic mass is 32.2. The number of nitrogens with zero attached hydrogens (tertiary/aromatic N) is 2. The van der Waals surface area contributed by atoms with Crippen LogP contribution < -0.4 is 0 Å². The van der Waals surface area contributed by atoms with Crippen LogP contribution in [0.15, 0.2) is 34.9 Å². The first-order chi connectivity index (χ1) is 11.6. The van der Waals surface area contributed by atoms with E-state index in [1.807, 2.05) is 24.3 Å². The van der Waals surface area contributed by atoms with Gasteiger partial charge in [0.15, 0.2) is 0 Å². The van der Waals surface area contributed by atoms with E-state index < -0.39 is 10.0 Å². The topological polar surface area (TPSA) is 70.8 Å². The molecule has 1 unspecified atom stereocenters. The normalized spacial score (nSPS) is 24.5. The van der Waals surface area contributed by atoms with Crippen molar-refractivity contribution in [2.45, 2.75) is 25.3 Å². The Labute approximate surface area is 141 Å². The van der Waals surface area contributed by atoms with E-state index in [1.165, 1.54) is 6.26 Å². The Hall–Kier alpha value is -1.86.